The molecule has 0 spiro atoms. The van der Waals surface area contributed by atoms with Gasteiger partial charge in [-0.05, 0) is 50.1 Å². The summed E-state index contributed by atoms with van der Waals surface area (Å²) in [5.74, 6) is 1.35. The highest BCUT2D eigenvalue weighted by Gasteiger charge is 2.25. The van der Waals surface area contributed by atoms with Crippen molar-refractivity contribution in [2.24, 2.45) is 0 Å². The summed E-state index contributed by atoms with van der Waals surface area (Å²) < 4.78 is 3.97. The highest BCUT2D eigenvalue weighted by Crippen LogP contribution is 2.39. The van der Waals surface area contributed by atoms with Gasteiger partial charge in [-0.1, -0.05) is 12.1 Å². The number of imidazole rings is 1. The molecule has 1 atom stereocenters. The molecular formula is C24H23N7O. The predicted octanol–water partition coefficient (Wildman–Crippen LogP) is 4.10. The summed E-state index contributed by atoms with van der Waals surface area (Å²) in [5, 5.41) is 26.7. The monoisotopic (exact) mass is 425 g/mol. The van der Waals surface area contributed by atoms with E-state index < -0.39 is 0 Å². The minimum atomic E-state index is -0.105. The number of rotatable bonds is 6. The van der Waals surface area contributed by atoms with Gasteiger partial charge in [0.05, 0.1) is 35.9 Å². The molecule has 1 aliphatic carbocycles. The molecule has 3 aromatic heterocycles. The highest BCUT2D eigenvalue weighted by atomic mass is 16.3. The van der Waals surface area contributed by atoms with Gasteiger partial charge in [-0.2, -0.15) is 5.10 Å². The molecule has 160 valence electrons. The molecular weight excluding hydrogens is 402 g/mol. The Hall–Kier alpha value is -3.78. The van der Waals surface area contributed by atoms with Gasteiger partial charge >= 0.3 is 0 Å². The molecule has 8 nitrogen and oxygen atoms in total. The molecule has 1 saturated carbocycles. The van der Waals surface area contributed by atoms with E-state index in [0.717, 1.165) is 39.2 Å². The summed E-state index contributed by atoms with van der Waals surface area (Å²) in [4.78, 5) is 4.57. The zero-order valence-electron chi connectivity index (χ0n) is 17.7. The number of aromatic amines is 1. The second-order valence-electron chi connectivity index (χ2n) is 8.46. The summed E-state index contributed by atoms with van der Waals surface area (Å²) >= 11 is 0. The first-order valence-corrected chi connectivity index (χ1v) is 10.8. The first-order valence-electron chi connectivity index (χ1n) is 10.8. The number of aliphatic hydroxyl groups is 1. The molecule has 6 rings (SSSR count). The molecule has 2 aromatic carbocycles. The number of aromatic nitrogens is 7. The third-order valence-electron chi connectivity index (χ3n) is 6.15. The van der Waals surface area contributed by atoms with Gasteiger partial charge in [-0.15, -0.1) is 10.2 Å². The number of hydrogen-bond donors (Lipinski definition) is 2. The number of nitrogens with one attached hydrogen (secondary N) is 1. The molecule has 8 heteroatoms. The van der Waals surface area contributed by atoms with Crippen LogP contribution in [-0.2, 0) is 0 Å². The minimum absolute atomic E-state index is 0.0216. The first kappa shape index (κ1) is 18.9. The molecule has 0 bridgehead atoms. The number of aliphatic hydroxyl groups excluding tert-OH is 1. The molecule has 1 aliphatic rings. The number of hydrogen-bond acceptors (Lipinski definition) is 5. The Morgan fingerprint density at radius 2 is 2.03 bits per heavy atom. The lowest BCUT2D eigenvalue weighted by atomic mass is 10.0. The van der Waals surface area contributed by atoms with E-state index in [2.05, 4.69) is 60.4 Å². The van der Waals surface area contributed by atoms with Gasteiger partial charge in [-0.3, -0.25) is 5.10 Å². The fourth-order valence-electron chi connectivity index (χ4n) is 4.12. The Morgan fingerprint density at radius 3 is 2.88 bits per heavy atom. The largest absolute Gasteiger partial charge is 0.394 e. The zero-order chi connectivity index (χ0) is 21.7. The number of nitrogens with zero attached hydrogens (tertiary/aromatic N) is 6. The molecule has 3 heterocycles. The Bertz CT molecular complexity index is 1410. The lowest BCUT2D eigenvalue weighted by Crippen LogP contribution is -2.09. The smallest absolute Gasteiger partial charge is 0.164 e. The van der Waals surface area contributed by atoms with E-state index in [1.54, 1.807) is 6.33 Å². The maximum absolute atomic E-state index is 9.57. The first-order chi connectivity index (χ1) is 15.7. The maximum atomic E-state index is 9.57. The van der Waals surface area contributed by atoms with Crippen LogP contribution in [0.25, 0.3) is 39.2 Å². The molecule has 32 heavy (non-hydrogen) atoms. The van der Waals surface area contributed by atoms with E-state index in [1.807, 2.05) is 36.0 Å². The van der Waals surface area contributed by atoms with Crippen molar-refractivity contribution in [1.29, 1.82) is 0 Å². The third-order valence-corrected chi connectivity index (χ3v) is 6.15. The second kappa shape index (κ2) is 7.42. The van der Waals surface area contributed by atoms with Gasteiger partial charge in [0.1, 0.15) is 6.33 Å². The summed E-state index contributed by atoms with van der Waals surface area (Å²) in [6, 6.07) is 14.3. The van der Waals surface area contributed by atoms with E-state index in [4.69, 9.17) is 0 Å². The minimum Gasteiger partial charge on any atom is -0.394 e. The van der Waals surface area contributed by atoms with Gasteiger partial charge in [-0.25, -0.2) is 4.98 Å². The van der Waals surface area contributed by atoms with Crippen LogP contribution in [0.15, 0.2) is 61.3 Å². The average molecular weight is 425 g/mol. The summed E-state index contributed by atoms with van der Waals surface area (Å²) in [5.41, 5.74) is 6.02. The van der Waals surface area contributed by atoms with Crippen LogP contribution in [0, 0.1) is 0 Å². The van der Waals surface area contributed by atoms with Crippen molar-refractivity contribution >= 4 is 10.9 Å². The van der Waals surface area contributed by atoms with Gasteiger partial charge in [0, 0.05) is 34.3 Å². The normalized spacial score (nSPS) is 14.8. The summed E-state index contributed by atoms with van der Waals surface area (Å²) in [6.07, 6.45) is 8.16. The molecule has 1 fully saturated rings. The van der Waals surface area contributed by atoms with E-state index in [1.165, 1.54) is 18.5 Å². The highest BCUT2D eigenvalue weighted by molar-refractivity contribution is 5.95. The summed E-state index contributed by atoms with van der Waals surface area (Å²) in [6.45, 7) is 1.96. The lowest BCUT2D eigenvalue weighted by molar-refractivity contribution is 0.239. The van der Waals surface area contributed by atoms with Crippen LogP contribution in [0.5, 0.6) is 0 Å². The quantitative estimate of drug-likeness (QED) is 0.427. The third kappa shape index (κ3) is 3.20. The maximum Gasteiger partial charge on any atom is 0.164 e. The molecule has 0 aliphatic heterocycles. The zero-order valence-corrected chi connectivity index (χ0v) is 17.7. The number of H-pyrrole nitrogens is 1. The van der Waals surface area contributed by atoms with E-state index in [9.17, 15) is 5.11 Å². The van der Waals surface area contributed by atoms with Crippen LogP contribution < -0.4 is 0 Å². The van der Waals surface area contributed by atoms with Crippen molar-refractivity contribution in [1.82, 2.24) is 34.5 Å². The van der Waals surface area contributed by atoms with Crippen molar-refractivity contribution < 1.29 is 5.11 Å². The van der Waals surface area contributed by atoms with Crippen LogP contribution in [0.2, 0.25) is 0 Å². The SMILES string of the molecule is CC(CO)n1cnnc1-c1ccc2[nH]nc(-c3cccc(-n4cnc(C5CC5)c4)c3)c2c1. The fraction of sp³-hybridized carbons (Fsp3) is 0.250. The van der Waals surface area contributed by atoms with Gasteiger partial charge in [0.2, 0.25) is 0 Å². The van der Waals surface area contributed by atoms with Crippen molar-refractivity contribution in [2.45, 2.75) is 31.7 Å². The molecule has 1 unspecified atom stereocenters. The van der Waals surface area contributed by atoms with Crippen LogP contribution in [0.4, 0.5) is 0 Å². The average Bonchev–Trinajstić information content (AvgIpc) is 3.22. The van der Waals surface area contributed by atoms with E-state index >= 15 is 0 Å². The van der Waals surface area contributed by atoms with E-state index in [0.29, 0.717) is 5.92 Å². The fourth-order valence-corrected chi connectivity index (χ4v) is 4.12. The number of benzene rings is 2. The topological polar surface area (TPSA) is 97.4 Å². The standard InChI is InChI=1S/C24H23N7O/c1-15(12-32)31-14-26-29-24(31)18-7-8-21-20(10-18)23(28-27-21)17-3-2-4-19(9-17)30-11-22(25-13-30)16-5-6-16/h2-4,7-11,13-16,32H,5-6,12H2,1H3,(H,27,28). The van der Waals surface area contributed by atoms with Gasteiger partial charge < -0.3 is 14.2 Å². The second-order valence-corrected chi connectivity index (χ2v) is 8.46. The Balaban J connectivity index is 1.41. The van der Waals surface area contributed by atoms with Crippen LogP contribution >= 0.6 is 0 Å². The Morgan fingerprint density at radius 1 is 1.12 bits per heavy atom. The van der Waals surface area contributed by atoms with Crippen molar-refractivity contribution in [3.8, 4) is 28.3 Å². The van der Waals surface area contributed by atoms with E-state index in [-0.39, 0.29) is 12.6 Å². The Labute approximate surface area is 184 Å². The van der Waals surface area contributed by atoms with Crippen molar-refractivity contribution in [2.75, 3.05) is 6.61 Å². The molecule has 0 amide bonds. The summed E-state index contributed by atoms with van der Waals surface area (Å²) in [7, 11) is 0. The lowest BCUT2D eigenvalue weighted by Gasteiger charge is -2.12. The van der Waals surface area contributed by atoms with Gasteiger partial charge in [0.15, 0.2) is 5.82 Å². The van der Waals surface area contributed by atoms with Crippen molar-refractivity contribution in [3.05, 3.63) is 67.0 Å². The number of fused-ring (bicyclic) bond motifs is 1. The predicted molar refractivity (Wildman–Crippen MR) is 121 cm³/mol. The molecule has 2 N–H and O–H groups in total. The van der Waals surface area contributed by atoms with Crippen LogP contribution in [-0.4, -0.2) is 46.2 Å². The van der Waals surface area contributed by atoms with Crippen LogP contribution in [0.1, 0.15) is 37.4 Å². The molecule has 5 aromatic rings. The molecule has 0 saturated heterocycles. The van der Waals surface area contributed by atoms with Crippen molar-refractivity contribution in [3.63, 3.8) is 0 Å². The van der Waals surface area contributed by atoms with Gasteiger partial charge in [0.25, 0.3) is 0 Å². The Kier molecular flexibility index (Phi) is 4.39. The van der Waals surface area contributed by atoms with Crippen LogP contribution in [0.3, 0.4) is 0 Å². The molecule has 0 radical (unpaired) electrons.